The van der Waals surface area contributed by atoms with Crippen molar-refractivity contribution in [3.63, 3.8) is 0 Å². The molecule has 2 rings (SSSR count). The van der Waals surface area contributed by atoms with Gasteiger partial charge in [-0.3, -0.25) is 4.79 Å². The number of nitrogens with zero attached hydrogens (tertiary/aromatic N) is 2. The summed E-state index contributed by atoms with van der Waals surface area (Å²) < 4.78 is 50.5. The number of amides is 1. The molecule has 0 saturated heterocycles. The summed E-state index contributed by atoms with van der Waals surface area (Å²) in [5.74, 6) is -2.47. The lowest BCUT2D eigenvalue weighted by atomic mass is 10.1. The molecule has 1 unspecified atom stereocenters. The first-order valence-electron chi connectivity index (χ1n) is 5.50. The first kappa shape index (κ1) is 13.5. The van der Waals surface area contributed by atoms with Gasteiger partial charge < -0.3 is 0 Å². The quantitative estimate of drug-likeness (QED) is 0.763. The Hall–Kier alpha value is -1.92. The Bertz CT molecular complexity index is 522. The van der Waals surface area contributed by atoms with Crippen LogP contribution in [0, 0.1) is 11.7 Å². The number of hydrazone groups is 1. The summed E-state index contributed by atoms with van der Waals surface area (Å²) in [5.41, 5.74) is -0.589. The molecule has 1 aromatic carbocycles. The molecule has 102 valence electrons. The van der Waals surface area contributed by atoms with Crippen LogP contribution in [0.5, 0.6) is 0 Å². The van der Waals surface area contributed by atoms with Crippen LogP contribution in [0.25, 0.3) is 0 Å². The molecule has 1 aliphatic rings. The van der Waals surface area contributed by atoms with Crippen molar-refractivity contribution in [3.05, 3.63) is 35.6 Å². The van der Waals surface area contributed by atoms with Gasteiger partial charge >= 0.3 is 6.18 Å². The topological polar surface area (TPSA) is 32.7 Å². The zero-order chi connectivity index (χ0) is 14.2. The van der Waals surface area contributed by atoms with Gasteiger partial charge in [0.05, 0.1) is 12.5 Å². The average Bonchev–Trinajstić information content (AvgIpc) is 2.60. The van der Waals surface area contributed by atoms with Gasteiger partial charge in [-0.1, -0.05) is 12.1 Å². The van der Waals surface area contributed by atoms with E-state index < -0.39 is 29.5 Å². The van der Waals surface area contributed by atoms with E-state index >= 15 is 0 Å². The zero-order valence-corrected chi connectivity index (χ0v) is 9.91. The van der Waals surface area contributed by atoms with Gasteiger partial charge in [0.1, 0.15) is 5.82 Å². The van der Waals surface area contributed by atoms with Gasteiger partial charge in [0.15, 0.2) is 5.71 Å². The summed E-state index contributed by atoms with van der Waals surface area (Å²) in [5, 5.41) is 4.09. The number of alkyl halides is 3. The number of halogens is 4. The van der Waals surface area contributed by atoms with Gasteiger partial charge in [0.2, 0.25) is 0 Å². The van der Waals surface area contributed by atoms with E-state index in [1.807, 2.05) is 0 Å². The van der Waals surface area contributed by atoms with Crippen molar-refractivity contribution < 1.29 is 22.4 Å². The minimum atomic E-state index is -4.62. The molecule has 1 amide bonds. The molecule has 0 aliphatic carbocycles. The largest absolute Gasteiger partial charge is 0.431 e. The van der Waals surface area contributed by atoms with E-state index in [4.69, 9.17) is 0 Å². The molecule has 1 aromatic rings. The van der Waals surface area contributed by atoms with E-state index in [0.717, 1.165) is 5.01 Å². The van der Waals surface area contributed by atoms with Crippen molar-refractivity contribution in [2.75, 3.05) is 0 Å². The van der Waals surface area contributed by atoms with Crippen LogP contribution in [0.4, 0.5) is 17.6 Å². The summed E-state index contributed by atoms with van der Waals surface area (Å²) in [4.78, 5) is 11.7. The van der Waals surface area contributed by atoms with Crippen molar-refractivity contribution in [1.29, 1.82) is 0 Å². The summed E-state index contributed by atoms with van der Waals surface area (Å²) in [7, 11) is 0. The van der Waals surface area contributed by atoms with Crippen molar-refractivity contribution >= 4 is 11.6 Å². The maximum atomic E-state index is 12.7. The van der Waals surface area contributed by atoms with Crippen LogP contribution in [0.3, 0.4) is 0 Å². The lowest BCUT2D eigenvalue weighted by molar-refractivity contribution is -0.132. The standard InChI is InChI=1S/C12H10F4N2O/c1-7-10(12(14,15)16)17-18(11(7)19)6-8-2-4-9(13)5-3-8/h2-5,7H,6H2,1H3. The van der Waals surface area contributed by atoms with Crippen LogP contribution in [0.15, 0.2) is 29.4 Å². The first-order chi connectivity index (χ1) is 8.79. The highest BCUT2D eigenvalue weighted by Gasteiger charge is 2.47. The summed E-state index contributed by atoms with van der Waals surface area (Å²) in [6.07, 6.45) is -4.62. The van der Waals surface area contributed by atoms with E-state index in [2.05, 4.69) is 5.10 Å². The summed E-state index contributed by atoms with van der Waals surface area (Å²) >= 11 is 0. The predicted molar refractivity (Wildman–Crippen MR) is 59.6 cm³/mol. The summed E-state index contributed by atoms with van der Waals surface area (Å²) in [6, 6.07) is 5.14. The molecule has 3 nitrogen and oxygen atoms in total. The van der Waals surface area contributed by atoms with Crippen LogP contribution in [0.1, 0.15) is 12.5 Å². The fourth-order valence-electron chi connectivity index (χ4n) is 1.78. The maximum Gasteiger partial charge on any atom is 0.431 e. The minimum Gasteiger partial charge on any atom is -0.272 e. The molecule has 0 fully saturated rings. The third-order valence-electron chi connectivity index (χ3n) is 2.80. The number of hydrogen-bond donors (Lipinski definition) is 0. The van der Waals surface area contributed by atoms with E-state index in [1.54, 1.807) is 0 Å². The van der Waals surface area contributed by atoms with E-state index in [9.17, 15) is 22.4 Å². The number of benzene rings is 1. The third kappa shape index (κ3) is 2.74. The van der Waals surface area contributed by atoms with Gasteiger partial charge in [-0.05, 0) is 24.6 Å². The highest BCUT2D eigenvalue weighted by atomic mass is 19.4. The fraction of sp³-hybridized carbons (Fsp3) is 0.333. The molecule has 0 spiro atoms. The monoisotopic (exact) mass is 274 g/mol. The Morgan fingerprint density at radius 1 is 1.26 bits per heavy atom. The Labute approximate surface area is 106 Å². The molecule has 0 radical (unpaired) electrons. The molecule has 1 heterocycles. The molecule has 0 bridgehead atoms. The third-order valence-corrected chi connectivity index (χ3v) is 2.80. The van der Waals surface area contributed by atoms with Crippen molar-refractivity contribution in [1.82, 2.24) is 5.01 Å². The van der Waals surface area contributed by atoms with Crippen LogP contribution in [-0.2, 0) is 11.3 Å². The lowest BCUT2D eigenvalue weighted by Crippen LogP contribution is -2.30. The minimum absolute atomic E-state index is 0.108. The van der Waals surface area contributed by atoms with E-state index in [0.29, 0.717) is 5.56 Å². The first-order valence-corrected chi connectivity index (χ1v) is 5.50. The van der Waals surface area contributed by atoms with Crippen molar-refractivity contribution in [2.45, 2.75) is 19.6 Å². The van der Waals surface area contributed by atoms with Gasteiger partial charge in [0, 0.05) is 0 Å². The lowest BCUT2D eigenvalue weighted by Gasteiger charge is -2.12. The van der Waals surface area contributed by atoms with Gasteiger partial charge in [-0.2, -0.15) is 18.3 Å². The van der Waals surface area contributed by atoms with Crippen LogP contribution in [0.2, 0.25) is 0 Å². The SMILES string of the molecule is CC1C(=O)N(Cc2ccc(F)cc2)N=C1C(F)(F)F. The zero-order valence-electron chi connectivity index (χ0n) is 9.91. The van der Waals surface area contributed by atoms with Crippen molar-refractivity contribution in [3.8, 4) is 0 Å². The molecule has 0 saturated carbocycles. The molecule has 0 N–H and O–H groups in total. The molecule has 19 heavy (non-hydrogen) atoms. The van der Waals surface area contributed by atoms with Crippen LogP contribution in [-0.4, -0.2) is 22.8 Å². The highest BCUT2D eigenvalue weighted by molar-refractivity contribution is 6.10. The molecule has 0 aromatic heterocycles. The van der Waals surface area contributed by atoms with Gasteiger partial charge in [-0.15, -0.1) is 0 Å². The van der Waals surface area contributed by atoms with E-state index in [-0.39, 0.29) is 6.54 Å². The highest BCUT2D eigenvalue weighted by Crippen LogP contribution is 2.29. The van der Waals surface area contributed by atoms with Crippen molar-refractivity contribution in [2.24, 2.45) is 11.0 Å². The van der Waals surface area contributed by atoms with E-state index in [1.165, 1.54) is 31.2 Å². The Kier molecular flexibility index (Phi) is 3.30. The average molecular weight is 274 g/mol. The maximum absolute atomic E-state index is 12.7. The number of carbonyl (C=O) groups excluding carboxylic acids is 1. The molecular formula is C12H10F4N2O. The molecule has 1 atom stereocenters. The number of carbonyl (C=O) groups is 1. The predicted octanol–water partition coefficient (Wildman–Crippen LogP) is 2.72. The number of hydrogen-bond acceptors (Lipinski definition) is 2. The normalized spacial score (nSPS) is 19.8. The smallest absolute Gasteiger partial charge is 0.272 e. The fourth-order valence-corrected chi connectivity index (χ4v) is 1.78. The van der Waals surface area contributed by atoms with Crippen LogP contribution < -0.4 is 0 Å². The second-order valence-corrected chi connectivity index (χ2v) is 4.23. The molecular weight excluding hydrogens is 264 g/mol. The second-order valence-electron chi connectivity index (χ2n) is 4.23. The molecule has 1 aliphatic heterocycles. The Balaban J connectivity index is 2.19. The molecule has 7 heteroatoms. The second kappa shape index (κ2) is 4.64. The van der Waals surface area contributed by atoms with Gasteiger partial charge in [-0.25, -0.2) is 9.40 Å². The van der Waals surface area contributed by atoms with Gasteiger partial charge in [0.25, 0.3) is 5.91 Å². The number of rotatable bonds is 2. The van der Waals surface area contributed by atoms with Crippen LogP contribution >= 0.6 is 0 Å². The summed E-state index contributed by atoms with van der Waals surface area (Å²) in [6.45, 7) is 1.06. The Morgan fingerprint density at radius 2 is 1.84 bits per heavy atom. The Morgan fingerprint density at radius 3 is 2.32 bits per heavy atom.